The number of nitrogens with zero attached hydrogens (tertiary/aromatic N) is 3. The van der Waals surface area contributed by atoms with Crippen molar-refractivity contribution in [2.45, 2.75) is 46.3 Å². The molecule has 0 saturated carbocycles. The van der Waals surface area contributed by atoms with Crippen molar-refractivity contribution in [3.8, 4) is 0 Å². The lowest BCUT2D eigenvalue weighted by molar-refractivity contribution is 0.102. The first-order chi connectivity index (χ1) is 13.5. The molecule has 6 nitrogen and oxygen atoms in total. The number of aromatic nitrogens is 3. The number of hydrogen-bond acceptors (Lipinski definition) is 4. The minimum absolute atomic E-state index is 0.162. The quantitative estimate of drug-likeness (QED) is 0.645. The summed E-state index contributed by atoms with van der Waals surface area (Å²) in [7, 11) is 0. The van der Waals surface area contributed by atoms with E-state index in [9.17, 15) is 4.79 Å². The van der Waals surface area contributed by atoms with E-state index in [4.69, 9.17) is 0 Å². The molecule has 0 aliphatic rings. The van der Waals surface area contributed by atoms with Crippen molar-refractivity contribution in [1.29, 1.82) is 0 Å². The molecule has 6 heteroatoms. The van der Waals surface area contributed by atoms with E-state index in [2.05, 4.69) is 48.4 Å². The summed E-state index contributed by atoms with van der Waals surface area (Å²) in [6.07, 6.45) is 5.15. The summed E-state index contributed by atoms with van der Waals surface area (Å²) in [6, 6.07) is 11.9. The molecule has 0 bridgehead atoms. The molecule has 146 valence electrons. The van der Waals surface area contributed by atoms with E-state index < -0.39 is 0 Å². The Kier molecular flexibility index (Phi) is 6.21. The van der Waals surface area contributed by atoms with Gasteiger partial charge in [0.1, 0.15) is 0 Å². The Labute approximate surface area is 166 Å². The summed E-state index contributed by atoms with van der Waals surface area (Å²) in [5, 5.41) is 10.9. The molecular weight excluding hydrogens is 350 g/mol. The Hall–Kier alpha value is -2.99. The first kappa shape index (κ1) is 19.8. The van der Waals surface area contributed by atoms with E-state index >= 15 is 0 Å². The van der Waals surface area contributed by atoms with Crippen LogP contribution in [0.25, 0.3) is 0 Å². The summed E-state index contributed by atoms with van der Waals surface area (Å²) < 4.78 is 2.05. The van der Waals surface area contributed by atoms with Gasteiger partial charge in [0.2, 0.25) is 0 Å². The van der Waals surface area contributed by atoms with Crippen LogP contribution in [0.2, 0.25) is 0 Å². The fraction of sp³-hybridized carbons (Fsp3) is 0.318. The minimum Gasteiger partial charge on any atom is -0.322 e. The topological polar surface area (TPSA) is 71.8 Å². The zero-order chi connectivity index (χ0) is 20.1. The molecule has 1 atom stereocenters. The van der Waals surface area contributed by atoms with Crippen LogP contribution in [0.15, 0.2) is 55.0 Å². The number of rotatable bonds is 7. The maximum atomic E-state index is 12.2. The molecule has 0 fully saturated rings. The van der Waals surface area contributed by atoms with Gasteiger partial charge < -0.3 is 10.6 Å². The fourth-order valence-electron chi connectivity index (χ4n) is 3.17. The van der Waals surface area contributed by atoms with Gasteiger partial charge in [0.05, 0.1) is 11.8 Å². The van der Waals surface area contributed by atoms with Crippen LogP contribution in [0.4, 0.5) is 5.69 Å². The third-order valence-electron chi connectivity index (χ3n) is 4.79. The van der Waals surface area contributed by atoms with Gasteiger partial charge in [-0.05, 0) is 57.5 Å². The highest BCUT2D eigenvalue weighted by Gasteiger charge is 2.14. The van der Waals surface area contributed by atoms with Crippen LogP contribution in [-0.4, -0.2) is 20.7 Å². The molecule has 3 rings (SSSR count). The maximum Gasteiger partial charge on any atom is 0.257 e. The fourth-order valence-corrected chi connectivity index (χ4v) is 3.17. The van der Waals surface area contributed by atoms with Gasteiger partial charge >= 0.3 is 0 Å². The molecule has 0 spiro atoms. The predicted molar refractivity (Wildman–Crippen MR) is 111 cm³/mol. The predicted octanol–water partition coefficient (Wildman–Crippen LogP) is 4.27. The van der Waals surface area contributed by atoms with Gasteiger partial charge in [-0.15, -0.1) is 0 Å². The second-order valence-corrected chi connectivity index (χ2v) is 7.22. The third-order valence-corrected chi connectivity index (χ3v) is 4.79. The maximum absolute atomic E-state index is 12.2. The van der Waals surface area contributed by atoms with E-state index in [1.165, 1.54) is 11.3 Å². The Bertz CT molecular complexity index is 916. The van der Waals surface area contributed by atoms with Crippen molar-refractivity contribution in [2.24, 2.45) is 0 Å². The summed E-state index contributed by atoms with van der Waals surface area (Å²) in [6.45, 7) is 9.27. The van der Waals surface area contributed by atoms with E-state index in [1.54, 1.807) is 24.5 Å². The number of nitrogens with one attached hydrogen (secondary N) is 2. The molecule has 0 aliphatic heterocycles. The van der Waals surface area contributed by atoms with Gasteiger partial charge in [-0.1, -0.05) is 12.1 Å². The molecule has 0 unspecified atom stereocenters. The zero-order valence-electron chi connectivity index (χ0n) is 16.8. The van der Waals surface area contributed by atoms with E-state index in [0.29, 0.717) is 11.6 Å². The average molecular weight is 377 g/mol. The molecule has 1 amide bonds. The van der Waals surface area contributed by atoms with Gasteiger partial charge in [0.15, 0.2) is 0 Å². The molecule has 3 aromatic rings. The van der Waals surface area contributed by atoms with Crippen LogP contribution >= 0.6 is 0 Å². The van der Waals surface area contributed by atoms with Crippen molar-refractivity contribution in [1.82, 2.24) is 20.1 Å². The molecule has 28 heavy (non-hydrogen) atoms. The van der Waals surface area contributed by atoms with E-state index in [1.807, 2.05) is 35.1 Å². The van der Waals surface area contributed by atoms with Crippen molar-refractivity contribution >= 4 is 11.6 Å². The summed E-state index contributed by atoms with van der Waals surface area (Å²) >= 11 is 0. The van der Waals surface area contributed by atoms with Crippen molar-refractivity contribution < 1.29 is 4.79 Å². The molecule has 0 radical (unpaired) electrons. The van der Waals surface area contributed by atoms with Gasteiger partial charge in [0.25, 0.3) is 5.91 Å². The number of benzene rings is 1. The molecule has 2 aromatic heterocycles. The zero-order valence-corrected chi connectivity index (χ0v) is 16.8. The summed E-state index contributed by atoms with van der Waals surface area (Å²) in [4.78, 5) is 16.2. The summed E-state index contributed by atoms with van der Waals surface area (Å²) in [5.41, 5.74) is 4.87. The SMILES string of the molecule is Cc1c([C@@H](C)NCc2ccc(NC(=O)c3cccnc3)cc2)cnn1C(C)C. The van der Waals surface area contributed by atoms with Crippen LogP contribution in [0.1, 0.15) is 60.0 Å². The van der Waals surface area contributed by atoms with Gasteiger partial charge in [-0.3, -0.25) is 14.5 Å². The first-order valence-corrected chi connectivity index (χ1v) is 9.53. The highest BCUT2D eigenvalue weighted by Crippen LogP contribution is 2.20. The number of carbonyl (C=O) groups excluding carboxylic acids is 1. The van der Waals surface area contributed by atoms with Crippen LogP contribution in [-0.2, 0) is 6.54 Å². The number of carbonyl (C=O) groups is 1. The molecular formula is C22H27N5O. The molecule has 0 saturated heterocycles. The second-order valence-electron chi connectivity index (χ2n) is 7.22. The summed E-state index contributed by atoms with van der Waals surface area (Å²) in [5.74, 6) is -0.162. The lowest BCUT2D eigenvalue weighted by atomic mass is 10.1. The van der Waals surface area contributed by atoms with Gasteiger partial charge in [-0.2, -0.15) is 5.10 Å². The Morgan fingerprint density at radius 3 is 2.46 bits per heavy atom. The smallest absolute Gasteiger partial charge is 0.257 e. The largest absolute Gasteiger partial charge is 0.322 e. The Morgan fingerprint density at radius 2 is 1.86 bits per heavy atom. The van der Waals surface area contributed by atoms with E-state index in [0.717, 1.165) is 17.8 Å². The van der Waals surface area contributed by atoms with E-state index in [-0.39, 0.29) is 11.9 Å². The highest BCUT2D eigenvalue weighted by molar-refractivity contribution is 6.03. The first-order valence-electron chi connectivity index (χ1n) is 9.53. The monoisotopic (exact) mass is 377 g/mol. The number of hydrogen-bond donors (Lipinski definition) is 2. The minimum atomic E-state index is -0.162. The van der Waals surface area contributed by atoms with Gasteiger partial charge in [-0.25, -0.2) is 0 Å². The van der Waals surface area contributed by atoms with Crippen LogP contribution in [0, 0.1) is 6.92 Å². The molecule has 2 N–H and O–H groups in total. The van der Waals surface area contributed by atoms with Crippen molar-refractivity contribution in [3.05, 3.63) is 77.4 Å². The molecule has 2 heterocycles. The standard InChI is InChI=1S/C22H27N5O/c1-15(2)27-17(4)21(14-25-27)16(3)24-12-18-7-9-20(10-8-18)26-22(28)19-6-5-11-23-13-19/h5-11,13-16,24H,12H2,1-4H3,(H,26,28)/t16-/m1/s1. The van der Waals surface area contributed by atoms with Crippen LogP contribution < -0.4 is 10.6 Å². The highest BCUT2D eigenvalue weighted by atomic mass is 16.1. The van der Waals surface area contributed by atoms with Crippen LogP contribution in [0.3, 0.4) is 0 Å². The van der Waals surface area contributed by atoms with Crippen LogP contribution in [0.5, 0.6) is 0 Å². The van der Waals surface area contributed by atoms with Crippen molar-refractivity contribution in [3.63, 3.8) is 0 Å². The average Bonchev–Trinajstić information content (AvgIpc) is 3.09. The number of amides is 1. The van der Waals surface area contributed by atoms with Crippen molar-refractivity contribution in [2.75, 3.05) is 5.32 Å². The normalized spacial score (nSPS) is 12.2. The third kappa shape index (κ3) is 4.64. The lowest BCUT2D eigenvalue weighted by Crippen LogP contribution is -2.19. The number of pyridine rings is 1. The second kappa shape index (κ2) is 8.80. The molecule has 0 aliphatic carbocycles. The molecule has 1 aromatic carbocycles. The number of anilines is 1. The Balaban J connectivity index is 1.56. The van der Waals surface area contributed by atoms with Gasteiger partial charge in [0, 0.05) is 48.0 Å². The Morgan fingerprint density at radius 1 is 1.11 bits per heavy atom. The lowest BCUT2D eigenvalue weighted by Gasteiger charge is -2.15.